The molecule has 1 saturated carbocycles. The van der Waals surface area contributed by atoms with Crippen LogP contribution in [0.4, 0.5) is 17.8 Å². The van der Waals surface area contributed by atoms with Crippen molar-refractivity contribution in [2.45, 2.75) is 37.8 Å². The Morgan fingerprint density at radius 1 is 1.06 bits per heavy atom. The molecule has 2 aromatic heterocycles. The summed E-state index contributed by atoms with van der Waals surface area (Å²) < 4.78 is 12.2. The summed E-state index contributed by atoms with van der Waals surface area (Å²) in [4.78, 5) is 18.0. The summed E-state index contributed by atoms with van der Waals surface area (Å²) in [5, 5.41) is 4.08. The third-order valence-electron chi connectivity index (χ3n) is 6.09. The quantitative estimate of drug-likeness (QED) is 0.641. The summed E-state index contributed by atoms with van der Waals surface area (Å²) >= 11 is 0. The molecule has 9 nitrogen and oxygen atoms in total. The first-order valence-corrected chi connectivity index (χ1v) is 11.0. The molecular weight excluding hydrogens is 394 g/mol. The van der Waals surface area contributed by atoms with Gasteiger partial charge in [-0.15, -0.1) is 0 Å². The highest BCUT2D eigenvalue weighted by Crippen LogP contribution is 2.29. The normalized spacial score (nSPS) is 22.6. The highest BCUT2D eigenvalue weighted by Gasteiger charge is 2.21. The molecule has 1 aliphatic carbocycles. The number of nitrogens with zero attached hydrogens (tertiary/aromatic N) is 5. The average Bonchev–Trinajstić information content (AvgIpc) is 3.25. The van der Waals surface area contributed by atoms with E-state index in [1.807, 2.05) is 18.2 Å². The van der Waals surface area contributed by atoms with Crippen LogP contribution in [0.1, 0.15) is 25.7 Å². The van der Waals surface area contributed by atoms with Gasteiger partial charge in [-0.3, -0.25) is 5.32 Å². The second-order valence-electron chi connectivity index (χ2n) is 8.46. The standard InChI is InChI=1S/C22H29N7O2/c1-28-9-11-29(12-10-28)22-25-14-19(31-22)26-21-24-13-15-3-2-4-18(20(15)27-21)30-17-7-5-16(23)6-8-17/h2-4,13-14,16-17H,5-12,23H2,1H3,(H,24,26,27). The molecular formula is C22H29N7O2. The zero-order valence-corrected chi connectivity index (χ0v) is 17.8. The van der Waals surface area contributed by atoms with Crippen LogP contribution in [0, 0.1) is 0 Å². The minimum Gasteiger partial charge on any atom is -0.488 e. The van der Waals surface area contributed by atoms with Gasteiger partial charge in [0.05, 0.1) is 12.3 Å². The number of hydrogen-bond donors (Lipinski definition) is 2. The average molecular weight is 424 g/mol. The Bertz CT molecular complexity index is 1020. The van der Waals surface area contributed by atoms with Crippen molar-refractivity contribution < 1.29 is 9.15 Å². The number of ether oxygens (including phenoxy) is 1. The van der Waals surface area contributed by atoms with Gasteiger partial charge in [-0.2, -0.15) is 4.98 Å². The predicted molar refractivity (Wildman–Crippen MR) is 120 cm³/mol. The topological polar surface area (TPSA) is 106 Å². The number of fused-ring (bicyclic) bond motifs is 1. The Kier molecular flexibility index (Phi) is 5.61. The maximum Gasteiger partial charge on any atom is 0.299 e. The lowest BCUT2D eigenvalue weighted by molar-refractivity contribution is 0.149. The van der Waals surface area contributed by atoms with Crippen molar-refractivity contribution in [3.63, 3.8) is 0 Å². The van der Waals surface area contributed by atoms with Crippen molar-refractivity contribution in [3.8, 4) is 5.75 Å². The van der Waals surface area contributed by atoms with Gasteiger partial charge in [0, 0.05) is 43.8 Å². The Balaban J connectivity index is 1.31. The molecule has 2 aliphatic rings. The lowest BCUT2D eigenvalue weighted by atomic mass is 9.94. The molecule has 2 fully saturated rings. The summed E-state index contributed by atoms with van der Waals surface area (Å²) in [7, 11) is 2.12. The fourth-order valence-corrected chi connectivity index (χ4v) is 4.15. The van der Waals surface area contributed by atoms with Gasteiger partial charge in [-0.25, -0.2) is 9.97 Å². The van der Waals surface area contributed by atoms with E-state index >= 15 is 0 Å². The van der Waals surface area contributed by atoms with E-state index in [-0.39, 0.29) is 6.10 Å². The van der Waals surface area contributed by atoms with E-state index in [4.69, 9.17) is 19.9 Å². The molecule has 5 rings (SSSR count). The highest BCUT2D eigenvalue weighted by atomic mass is 16.5. The molecule has 31 heavy (non-hydrogen) atoms. The monoisotopic (exact) mass is 423 g/mol. The third-order valence-corrected chi connectivity index (χ3v) is 6.09. The molecule has 1 aliphatic heterocycles. The van der Waals surface area contributed by atoms with E-state index in [2.05, 4.69) is 32.1 Å². The van der Waals surface area contributed by atoms with Crippen LogP contribution in [0.3, 0.4) is 0 Å². The molecule has 3 aromatic rings. The number of nitrogens with one attached hydrogen (secondary N) is 1. The Morgan fingerprint density at radius 3 is 2.68 bits per heavy atom. The van der Waals surface area contributed by atoms with E-state index in [0.717, 1.165) is 68.5 Å². The van der Waals surface area contributed by atoms with Crippen molar-refractivity contribution in [1.29, 1.82) is 0 Å². The van der Waals surface area contributed by atoms with Crippen LogP contribution in [0.25, 0.3) is 10.9 Å². The molecule has 0 atom stereocenters. The molecule has 3 heterocycles. The highest BCUT2D eigenvalue weighted by molar-refractivity contribution is 5.84. The number of anilines is 3. The van der Waals surface area contributed by atoms with Gasteiger partial charge in [0.1, 0.15) is 11.3 Å². The first-order valence-electron chi connectivity index (χ1n) is 11.0. The fraction of sp³-hybridized carbons (Fsp3) is 0.500. The van der Waals surface area contributed by atoms with Crippen molar-refractivity contribution >= 4 is 28.8 Å². The van der Waals surface area contributed by atoms with Gasteiger partial charge in [0.25, 0.3) is 6.01 Å². The molecule has 9 heteroatoms. The molecule has 164 valence electrons. The zero-order valence-electron chi connectivity index (χ0n) is 17.8. The summed E-state index contributed by atoms with van der Waals surface area (Å²) in [6, 6.07) is 6.84. The van der Waals surface area contributed by atoms with Crippen molar-refractivity contribution in [2.24, 2.45) is 5.73 Å². The Hall–Kier alpha value is -2.91. The number of hydrogen-bond acceptors (Lipinski definition) is 9. The van der Waals surface area contributed by atoms with Gasteiger partial charge in [-0.1, -0.05) is 12.1 Å². The maximum atomic E-state index is 6.29. The number of benzene rings is 1. The summed E-state index contributed by atoms with van der Waals surface area (Å²) in [5.41, 5.74) is 6.81. The fourth-order valence-electron chi connectivity index (χ4n) is 4.15. The number of aromatic nitrogens is 3. The minimum atomic E-state index is 0.178. The van der Waals surface area contributed by atoms with Crippen LogP contribution in [0.2, 0.25) is 0 Å². The van der Waals surface area contributed by atoms with Crippen molar-refractivity contribution in [1.82, 2.24) is 19.9 Å². The lowest BCUT2D eigenvalue weighted by Gasteiger charge is -2.31. The zero-order chi connectivity index (χ0) is 21.2. The van der Waals surface area contributed by atoms with E-state index in [1.165, 1.54) is 0 Å². The van der Waals surface area contributed by atoms with Crippen LogP contribution in [-0.4, -0.2) is 65.2 Å². The van der Waals surface area contributed by atoms with E-state index < -0.39 is 0 Å². The first kappa shape index (κ1) is 20.0. The predicted octanol–water partition coefficient (Wildman–Crippen LogP) is 2.76. The van der Waals surface area contributed by atoms with Gasteiger partial charge < -0.3 is 24.7 Å². The van der Waals surface area contributed by atoms with Crippen molar-refractivity contribution in [2.75, 3.05) is 43.4 Å². The molecule has 0 bridgehead atoms. The summed E-state index contributed by atoms with van der Waals surface area (Å²) in [5.74, 6) is 1.75. The van der Waals surface area contributed by atoms with Gasteiger partial charge in [0.15, 0.2) is 0 Å². The minimum absolute atomic E-state index is 0.178. The van der Waals surface area contributed by atoms with Gasteiger partial charge in [0.2, 0.25) is 11.8 Å². The number of piperazine rings is 1. The molecule has 0 unspecified atom stereocenters. The van der Waals surface area contributed by atoms with Crippen LogP contribution >= 0.6 is 0 Å². The molecule has 0 spiro atoms. The Morgan fingerprint density at radius 2 is 1.87 bits per heavy atom. The number of nitrogens with two attached hydrogens (primary N) is 1. The maximum absolute atomic E-state index is 6.29. The number of oxazole rings is 1. The molecule has 0 amide bonds. The van der Waals surface area contributed by atoms with Gasteiger partial charge >= 0.3 is 0 Å². The number of likely N-dealkylation sites (N-methyl/N-ethyl adjacent to an activating group) is 1. The second kappa shape index (κ2) is 8.68. The van der Waals surface area contributed by atoms with Crippen molar-refractivity contribution in [3.05, 3.63) is 30.6 Å². The van der Waals surface area contributed by atoms with E-state index in [0.29, 0.717) is 23.9 Å². The first-order chi connectivity index (χ1) is 15.1. The van der Waals surface area contributed by atoms with Crippen LogP contribution in [0.15, 0.2) is 35.0 Å². The molecule has 0 radical (unpaired) electrons. The summed E-state index contributed by atoms with van der Waals surface area (Å²) in [6.45, 7) is 3.79. The molecule has 3 N–H and O–H groups in total. The molecule has 1 aromatic carbocycles. The SMILES string of the molecule is CN1CCN(c2ncc(Nc3ncc4cccc(OC5CCC(N)CC5)c4n3)o2)CC1. The third kappa shape index (κ3) is 4.57. The van der Waals surface area contributed by atoms with E-state index in [1.54, 1.807) is 12.4 Å². The number of rotatable bonds is 5. The number of para-hydroxylation sites is 1. The lowest BCUT2D eigenvalue weighted by Crippen LogP contribution is -2.44. The summed E-state index contributed by atoms with van der Waals surface area (Å²) in [6.07, 6.45) is 7.59. The van der Waals surface area contributed by atoms with E-state index in [9.17, 15) is 0 Å². The van der Waals surface area contributed by atoms with Crippen LogP contribution in [-0.2, 0) is 0 Å². The largest absolute Gasteiger partial charge is 0.488 e. The van der Waals surface area contributed by atoms with Crippen LogP contribution < -0.4 is 20.7 Å². The molecule has 1 saturated heterocycles. The van der Waals surface area contributed by atoms with Gasteiger partial charge in [-0.05, 0) is 38.8 Å². The second-order valence-corrected chi connectivity index (χ2v) is 8.46. The van der Waals surface area contributed by atoms with Crippen LogP contribution in [0.5, 0.6) is 5.75 Å². The smallest absolute Gasteiger partial charge is 0.299 e. The Labute approximate surface area is 181 Å².